The first kappa shape index (κ1) is 38.2. The SMILES string of the molecule is C=CCOC(=O)CNC(=O)C(O)C(CCC)NC(=O)C(CCCCNC(=O)OCc1ccccc1)NC(=O)C(N)C1CCCCC1. The fraction of sp³-hybridized carbons (Fsp3) is 0.606. The van der Waals surface area contributed by atoms with Gasteiger partial charge in [0.25, 0.3) is 5.91 Å². The lowest BCUT2D eigenvalue weighted by Crippen LogP contribution is -2.57. The smallest absolute Gasteiger partial charge is 0.407 e. The summed E-state index contributed by atoms with van der Waals surface area (Å²) < 4.78 is 10.0. The van der Waals surface area contributed by atoms with Gasteiger partial charge >= 0.3 is 12.1 Å². The van der Waals surface area contributed by atoms with Crippen LogP contribution in [0.25, 0.3) is 0 Å². The van der Waals surface area contributed by atoms with E-state index < -0.39 is 60.6 Å². The highest BCUT2D eigenvalue weighted by Gasteiger charge is 2.32. The molecule has 0 bridgehead atoms. The zero-order valence-corrected chi connectivity index (χ0v) is 26.8. The number of nitrogens with two attached hydrogens (primary N) is 1. The average Bonchev–Trinajstić information content (AvgIpc) is 3.07. The summed E-state index contributed by atoms with van der Waals surface area (Å²) in [7, 11) is 0. The van der Waals surface area contributed by atoms with Crippen molar-refractivity contribution in [2.24, 2.45) is 11.7 Å². The van der Waals surface area contributed by atoms with Crippen molar-refractivity contribution in [1.29, 1.82) is 0 Å². The van der Waals surface area contributed by atoms with Crippen LogP contribution in [0.1, 0.15) is 76.7 Å². The number of carbonyl (C=O) groups is 5. The summed E-state index contributed by atoms with van der Waals surface area (Å²) in [6, 6.07) is 6.56. The maximum Gasteiger partial charge on any atom is 0.407 e. The molecule has 13 nitrogen and oxygen atoms in total. The summed E-state index contributed by atoms with van der Waals surface area (Å²) in [6.45, 7) is 5.24. The standard InChI is InChI=1S/C33H51N5O8/c1-3-13-25(29(40)32(43)36-21-27(39)45-20-4-2)37-30(41)26(38-31(42)28(34)24-16-9-6-10-17-24)18-11-12-19-35-33(44)46-22-23-14-7-5-8-15-23/h4-5,7-8,14-15,24-26,28-29,40H,2-3,6,9-13,16-22,34H2,1H3,(H,35,44)(H,36,43)(H,37,41)(H,38,42). The van der Waals surface area contributed by atoms with Gasteiger partial charge < -0.3 is 41.6 Å². The number of ether oxygens (including phenoxy) is 2. The van der Waals surface area contributed by atoms with E-state index in [0.717, 1.165) is 37.7 Å². The number of benzene rings is 1. The first-order valence-corrected chi connectivity index (χ1v) is 16.2. The highest BCUT2D eigenvalue weighted by atomic mass is 16.5. The molecular weight excluding hydrogens is 594 g/mol. The van der Waals surface area contributed by atoms with Crippen LogP contribution in [0.3, 0.4) is 0 Å². The first-order chi connectivity index (χ1) is 22.2. The van der Waals surface area contributed by atoms with E-state index in [1.54, 1.807) is 0 Å². The van der Waals surface area contributed by atoms with Gasteiger partial charge in [0.15, 0.2) is 6.10 Å². The third-order valence-corrected chi connectivity index (χ3v) is 7.84. The molecule has 0 heterocycles. The summed E-state index contributed by atoms with van der Waals surface area (Å²) in [6.07, 6.45) is 5.96. The molecule has 1 saturated carbocycles. The number of carbonyl (C=O) groups excluding carboxylic acids is 5. The van der Waals surface area contributed by atoms with Crippen LogP contribution in [0, 0.1) is 5.92 Å². The Balaban J connectivity index is 1.97. The predicted molar refractivity (Wildman–Crippen MR) is 172 cm³/mol. The Kier molecular flexibility index (Phi) is 18.0. The van der Waals surface area contributed by atoms with Crippen molar-refractivity contribution in [2.75, 3.05) is 19.7 Å². The molecule has 1 aliphatic rings. The van der Waals surface area contributed by atoms with Gasteiger partial charge in [0.1, 0.15) is 25.8 Å². The normalized spacial score (nSPS) is 15.7. The summed E-state index contributed by atoms with van der Waals surface area (Å²) in [5.74, 6) is -2.53. The fourth-order valence-electron chi connectivity index (χ4n) is 5.23. The zero-order valence-electron chi connectivity index (χ0n) is 26.8. The number of alkyl carbamates (subject to hydrolysis) is 1. The van der Waals surface area contributed by atoms with Crippen molar-refractivity contribution >= 4 is 29.8 Å². The monoisotopic (exact) mass is 645 g/mol. The second-order valence-electron chi connectivity index (χ2n) is 11.5. The Morgan fingerprint density at radius 3 is 2.35 bits per heavy atom. The third kappa shape index (κ3) is 14.4. The highest BCUT2D eigenvalue weighted by molar-refractivity contribution is 5.91. The number of unbranched alkanes of at least 4 members (excludes halogenated alkanes) is 1. The molecule has 4 atom stereocenters. The molecule has 7 N–H and O–H groups in total. The Hall–Kier alpha value is -3.97. The molecule has 13 heteroatoms. The number of esters is 1. The van der Waals surface area contributed by atoms with Crippen LogP contribution in [0.4, 0.5) is 4.79 Å². The van der Waals surface area contributed by atoms with Crippen LogP contribution in [0.2, 0.25) is 0 Å². The summed E-state index contributed by atoms with van der Waals surface area (Å²) >= 11 is 0. The Bertz CT molecular complexity index is 1110. The van der Waals surface area contributed by atoms with E-state index in [1.807, 2.05) is 37.3 Å². The molecule has 0 spiro atoms. The number of aliphatic hydroxyl groups is 1. The number of aliphatic hydroxyl groups excluding tert-OH is 1. The maximum absolute atomic E-state index is 13.5. The largest absolute Gasteiger partial charge is 0.460 e. The molecule has 1 aromatic carbocycles. The molecule has 0 aliphatic heterocycles. The van der Waals surface area contributed by atoms with E-state index in [0.29, 0.717) is 25.8 Å². The zero-order chi connectivity index (χ0) is 33.7. The van der Waals surface area contributed by atoms with Gasteiger partial charge in [0, 0.05) is 6.54 Å². The third-order valence-electron chi connectivity index (χ3n) is 7.84. The summed E-state index contributed by atoms with van der Waals surface area (Å²) in [5, 5.41) is 21.2. The summed E-state index contributed by atoms with van der Waals surface area (Å²) in [4.78, 5) is 63.0. The second-order valence-corrected chi connectivity index (χ2v) is 11.5. The van der Waals surface area contributed by atoms with Crippen LogP contribution in [-0.4, -0.2) is 78.8 Å². The van der Waals surface area contributed by atoms with E-state index in [2.05, 4.69) is 27.8 Å². The predicted octanol–water partition coefficient (Wildman–Crippen LogP) is 1.97. The topological polar surface area (TPSA) is 198 Å². The Morgan fingerprint density at radius 2 is 1.67 bits per heavy atom. The molecular formula is C33H51N5O8. The fourth-order valence-corrected chi connectivity index (χ4v) is 5.23. The van der Waals surface area contributed by atoms with E-state index in [4.69, 9.17) is 15.2 Å². The van der Waals surface area contributed by atoms with Crippen molar-refractivity contribution in [3.05, 3.63) is 48.6 Å². The molecule has 0 saturated heterocycles. The van der Waals surface area contributed by atoms with Crippen molar-refractivity contribution < 1.29 is 38.6 Å². The lowest BCUT2D eigenvalue weighted by atomic mass is 9.84. The van der Waals surface area contributed by atoms with E-state index in [1.165, 1.54) is 6.08 Å². The number of nitrogens with one attached hydrogen (secondary N) is 4. The van der Waals surface area contributed by atoms with Crippen molar-refractivity contribution in [2.45, 2.75) is 102 Å². The molecule has 4 unspecified atom stereocenters. The number of hydrogen-bond donors (Lipinski definition) is 6. The Labute approximate surface area is 271 Å². The molecule has 4 amide bonds. The van der Waals surface area contributed by atoms with Crippen molar-refractivity contribution in [3.63, 3.8) is 0 Å². The lowest BCUT2D eigenvalue weighted by Gasteiger charge is -2.29. The minimum atomic E-state index is -1.65. The van der Waals surface area contributed by atoms with Crippen LogP contribution in [0.15, 0.2) is 43.0 Å². The summed E-state index contributed by atoms with van der Waals surface area (Å²) in [5.41, 5.74) is 7.17. The van der Waals surface area contributed by atoms with Gasteiger partial charge in [0.05, 0.1) is 12.1 Å². The maximum atomic E-state index is 13.5. The number of hydrogen-bond acceptors (Lipinski definition) is 9. The van der Waals surface area contributed by atoms with Gasteiger partial charge in [-0.05, 0) is 50.0 Å². The van der Waals surface area contributed by atoms with Crippen LogP contribution >= 0.6 is 0 Å². The van der Waals surface area contributed by atoms with Crippen molar-refractivity contribution in [3.8, 4) is 0 Å². The molecule has 46 heavy (non-hydrogen) atoms. The van der Waals surface area contributed by atoms with Crippen LogP contribution < -0.4 is 27.0 Å². The molecule has 256 valence electrons. The van der Waals surface area contributed by atoms with Gasteiger partial charge in [0.2, 0.25) is 11.8 Å². The van der Waals surface area contributed by atoms with Gasteiger partial charge in [-0.3, -0.25) is 19.2 Å². The quantitative estimate of drug-likeness (QED) is 0.0697. The van der Waals surface area contributed by atoms with E-state index in [9.17, 15) is 29.1 Å². The van der Waals surface area contributed by atoms with E-state index in [-0.39, 0.29) is 32.0 Å². The van der Waals surface area contributed by atoms with Crippen LogP contribution in [0.5, 0.6) is 0 Å². The minimum absolute atomic E-state index is 0.0162. The molecule has 1 fully saturated rings. The molecule has 0 aromatic heterocycles. The molecule has 0 radical (unpaired) electrons. The average molecular weight is 646 g/mol. The van der Waals surface area contributed by atoms with Crippen molar-refractivity contribution in [1.82, 2.24) is 21.3 Å². The highest BCUT2D eigenvalue weighted by Crippen LogP contribution is 2.25. The minimum Gasteiger partial charge on any atom is -0.460 e. The molecule has 1 aliphatic carbocycles. The van der Waals surface area contributed by atoms with Gasteiger partial charge in [-0.2, -0.15) is 0 Å². The van der Waals surface area contributed by atoms with E-state index >= 15 is 0 Å². The number of rotatable bonds is 20. The number of amides is 4. The molecule has 2 rings (SSSR count). The van der Waals surface area contributed by atoms with Crippen LogP contribution in [-0.2, 0) is 35.3 Å². The Morgan fingerprint density at radius 1 is 0.957 bits per heavy atom. The van der Waals surface area contributed by atoms with Gasteiger partial charge in [-0.1, -0.05) is 75.6 Å². The van der Waals surface area contributed by atoms with Gasteiger partial charge in [-0.25, -0.2) is 4.79 Å². The second kappa shape index (κ2) is 21.7. The first-order valence-electron chi connectivity index (χ1n) is 16.2. The molecule has 1 aromatic rings. The van der Waals surface area contributed by atoms with Gasteiger partial charge in [-0.15, -0.1) is 0 Å². The lowest BCUT2D eigenvalue weighted by molar-refractivity contribution is -0.144.